The molecule has 0 amide bonds. The number of anilines is 1. The summed E-state index contributed by atoms with van der Waals surface area (Å²) < 4.78 is 5.39. The van der Waals surface area contributed by atoms with Gasteiger partial charge in [0, 0.05) is 25.3 Å². The molecule has 0 aliphatic carbocycles. The largest absolute Gasteiger partial charge is 0.379 e. The molecule has 0 spiro atoms. The lowest BCUT2D eigenvalue weighted by atomic mass is 10.1. The average molecular weight is 324 g/mol. The number of hydrogen-bond acceptors (Lipinski definition) is 3. The van der Waals surface area contributed by atoms with Crippen LogP contribution in [0.4, 0.5) is 5.69 Å². The van der Waals surface area contributed by atoms with Crippen LogP contribution in [0.5, 0.6) is 0 Å². The minimum atomic E-state index is 0.430. The number of hydrogen-bond donors (Lipinski definition) is 2. The summed E-state index contributed by atoms with van der Waals surface area (Å²) in [7, 11) is 0. The topological polar surface area (TPSA) is 62.9 Å². The molecule has 3 rings (SSSR count). The summed E-state index contributed by atoms with van der Waals surface area (Å²) in [6, 6.07) is 18.4. The number of nitrogens with one attached hydrogen (secondary N) is 1. The van der Waals surface area contributed by atoms with Gasteiger partial charge in [0.25, 0.3) is 0 Å². The van der Waals surface area contributed by atoms with E-state index in [1.54, 1.807) is 0 Å². The van der Waals surface area contributed by atoms with Crippen molar-refractivity contribution in [2.24, 2.45) is 10.7 Å². The highest BCUT2D eigenvalue weighted by atomic mass is 16.5. The molecule has 1 aliphatic heterocycles. The Morgan fingerprint density at radius 3 is 2.58 bits per heavy atom. The highest BCUT2D eigenvalue weighted by Gasteiger charge is 2.10. The Hall–Kier alpha value is -2.37. The van der Waals surface area contributed by atoms with E-state index < -0.39 is 0 Å². The molecule has 0 atom stereocenters. The zero-order valence-corrected chi connectivity index (χ0v) is 13.8. The van der Waals surface area contributed by atoms with Gasteiger partial charge in [0.1, 0.15) is 0 Å². The smallest absolute Gasteiger partial charge is 0.193 e. The van der Waals surface area contributed by atoms with Crippen LogP contribution in [0.1, 0.15) is 11.1 Å². The van der Waals surface area contributed by atoms with Gasteiger partial charge in [-0.25, -0.2) is 4.99 Å². The van der Waals surface area contributed by atoms with E-state index in [-0.39, 0.29) is 0 Å². The van der Waals surface area contributed by atoms with Crippen molar-refractivity contribution < 1.29 is 4.74 Å². The molecular formula is C19H24N4O. The minimum absolute atomic E-state index is 0.430. The fraction of sp³-hybridized carbons (Fsp3) is 0.316. The molecule has 5 nitrogen and oxygen atoms in total. The number of nitrogens with two attached hydrogens (primary N) is 1. The van der Waals surface area contributed by atoms with Crippen molar-refractivity contribution in [3.63, 3.8) is 0 Å². The Bertz CT molecular complexity index is 666. The van der Waals surface area contributed by atoms with E-state index in [4.69, 9.17) is 10.5 Å². The first-order valence-electron chi connectivity index (χ1n) is 8.29. The van der Waals surface area contributed by atoms with Crippen molar-refractivity contribution in [3.05, 3.63) is 65.7 Å². The summed E-state index contributed by atoms with van der Waals surface area (Å²) in [5.74, 6) is 0.430. The van der Waals surface area contributed by atoms with E-state index in [1.807, 2.05) is 30.3 Å². The highest BCUT2D eigenvalue weighted by molar-refractivity contribution is 5.92. The number of para-hydroxylation sites is 1. The molecule has 2 aromatic rings. The van der Waals surface area contributed by atoms with Crippen molar-refractivity contribution in [3.8, 4) is 0 Å². The number of guanidine groups is 1. The Morgan fingerprint density at radius 1 is 1.04 bits per heavy atom. The summed E-state index contributed by atoms with van der Waals surface area (Å²) in [4.78, 5) is 6.84. The van der Waals surface area contributed by atoms with E-state index in [2.05, 4.69) is 39.5 Å². The normalized spacial score (nSPS) is 16.1. The van der Waals surface area contributed by atoms with Crippen LogP contribution in [0.15, 0.2) is 59.6 Å². The van der Waals surface area contributed by atoms with Crippen LogP contribution in [-0.2, 0) is 17.8 Å². The molecule has 0 bridgehead atoms. The maximum Gasteiger partial charge on any atom is 0.193 e. The van der Waals surface area contributed by atoms with E-state index in [1.165, 1.54) is 11.1 Å². The van der Waals surface area contributed by atoms with Crippen LogP contribution >= 0.6 is 0 Å². The standard InChI is InChI=1S/C19H24N4O/c20-19(22-18-7-2-1-3-8-18)21-14-16-5-4-6-17(13-16)15-23-9-11-24-12-10-23/h1-8,13H,9-12,14-15H2,(H3,20,21,22). The molecule has 0 radical (unpaired) electrons. The summed E-state index contributed by atoms with van der Waals surface area (Å²) in [5.41, 5.74) is 9.37. The minimum Gasteiger partial charge on any atom is -0.379 e. The Morgan fingerprint density at radius 2 is 1.79 bits per heavy atom. The van der Waals surface area contributed by atoms with Gasteiger partial charge in [-0.05, 0) is 23.3 Å². The van der Waals surface area contributed by atoms with Crippen LogP contribution in [-0.4, -0.2) is 37.2 Å². The first-order chi connectivity index (χ1) is 11.8. The maximum absolute atomic E-state index is 5.96. The number of rotatable bonds is 5. The fourth-order valence-corrected chi connectivity index (χ4v) is 2.73. The zero-order chi connectivity index (χ0) is 16.6. The third-order valence-corrected chi connectivity index (χ3v) is 3.98. The zero-order valence-electron chi connectivity index (χ0n) is 13.8. The first-order valence-corrected chi connectivity index (χ1v) is 8.29. The van der Waals surface area contributed by atoms with Gasteiger partial charge in [-0.1, -0.05) is 42.5 Å². The second kappa shape index (κ2) is 8.47. The average Bonchev–Trinajstić information content (AvgIpc) is 2.62. The molecular weight excluding hydrogens is 300 g/mol. The second-order valence-electron chi connectivity index (χ2n) is 5.90. The van der Waals surface area contributed by atoms with Crippen LogP contribution in [0.3, 0.4) is 0 Å². The van der Waals surface area contributed by atoms with Gasteiger partial charge in [-0.3, -0.25) is 4.90 Å². The highest BCUT2D eigenvalue weighted by Crippen LogP contribution is 2.11. The molecule has 2 aromatic carbocycles. The molecule has 1 aliphatic rings. The van der Waals surface area contributed by atoms with Crippen LogP contribution in [0, 0.1) is 0 Å². The van der Waals surface area contributed by atoms with Crippen molar-refractivity contribution in [1.29, 1.82) is 0 Å². The van der Waals surface area contributed by atoms with Gasteiger partial charge < -0.3 is 15.8 Å². The van der Waals surface area contributed by atoms with Gasteiger partial charge in [0.05, 0.1) is 19.8 Å². The maximum atomic E-state index is 5.96. The van der Waals surface area contributed by atoms with Crippen LogP contribution < -0.4 is 11.1 Å². The molecule has 0 aromatic heterocycles. The SMILES string of the molecule is NC(=NCc1cccc(CN2CCOCC2)c1)Nc1ccccc1. The number of morpholine rings is 1. The lowest BCUT2D eigenvalue weighted by Crippen LogP contribution is -2.35. The Kier molecular flexibility index (Phi) is 5.82. The number of benzene rings is 2. The van der Waals surface area contributed by atoms with E-state index in [0.717, 1.165) is 38.5 Å². The molecule has 0 unspecified atom stereocenters. The van der Waals surface area contributed by atoms with Crippen molar-refractivity contribution in [1.82, 2.24) is 4.90 Å². The third kappa shape index (κ3) is 5.08. The van der Waals surface area contributed by atoms with Crippen molar-refractivity contribution in [2.75, 3.05) is 31.6 Å². The van der Waals surface area contributed by atoms with Crippen LogP contribution in [0.25, 0.3) is 0 Å². The Balaban J connectivity index is 1.56. The first kappa shape index (κ1) is 16.5. The lowest BCUT2D eigenvalue weighted by Gasteiger charge is -2.26. The summed E-state index contributed by atoms with van der Waals surface area (Å²) in [6.45, 7) is 5.17. The monoisotopic (exact) mass is 324 g/mol. The molecule has 24 heavy (non-hydrogen) atoms. The summed E-state index contributed by atoms with van der Waals surface area (Å²) in [6.07, 6.45) is 0. The molecule has 126 valence electrons. The van der Waals surface area contributed by atoms with E-state index in [0.29, 0.717) is 12.5 Å². The molecule has 1 fully saturated rings. The van der Waals surface area contributed by atoms with E-state index >= 15 is 0 Å². The van der Waals surface area contributed by atoms with Gasteiger partial charge in [-0.15, -0.1) is 0 Å². The number of aliphatic imine (C=N–C) groups is 1. The molecule has 3 N–H and O–H groups in total. The summed E-state index contributed by atoms with van der Waals surface area (Å²) in [5, 5.41) is 3.10. The van der Waals surface area contributed by atoms with Gasteiger partial charge in [-0.2, -0.15) is 0 Å². The predicted octanol–water partition coefficient (Wildman–Crippen LogP) is 2.45. The molecule has 0 saturated carbocycles. The van der Waals surface area contributed by atoms with Crippen LogP contribution in [0.2, 0.25) is 0 Å². The molecule has 1 saturated heterocycles. The van der Waals surface area contributed by atoms with Crippen molar-refractivity contribution >= 4 is 11.6 Å². The van der Waals surface area contributed by atoms with Gasteiger partial charge in [0.15, 0.2) is 5.96 Å². The molecule has 1 heterocycles. The molecule has 5 heteroatoms. The Labute approximate surface area is 143 Å². The second-order valence-corrected chi connectivity index (χ2v) is 5.90. The van der Waals surface area contributed by atoms with E-state index in [9.17, 15) is 0 Å². The fourth-order valence-electron chi connectivity index (χ4n) is 2.73. The predicted molar refractivity (Wildman–Crippen MR) is 97.9 cm³/mol. The lowest BCUT2D eigenvalue weighted by molar-refractivity contribution is 0.0342. The van der Waals surface area contributed by atoms with Crippen molar-refractivity contribution in [2.45, 2.75) is 13.1 Å². The summed E-state index contributed by atoms with van der Waals surface area (Å²) >= 11 is 0. The number of nitrogens with zero attached hydrogens (tertiary/aromatic N) is 2. The number of ether oxygens (including phenoxy) is 1. The van der Waals surface area contributed by atoms with Gasteiger partial charge >= 0.3 is 0 Å². The van der Waals surface area contributed by atoms with Gasteiger partial charge in [0.2, 0.25) is 0 Å². The quantitative estimate of drug-likeness (QED) is 0.655. The third-order valence-electron chi connectivity index (χ3n) is 3.98.